The molecule has 0 aliphatic carbocycles. The van der Waals surface area contributed by atoms with Gasteiger partial charge in [-0.3, -0.25) is 9.59 Å². The molecule has 1 N–H and O–H groups in total. The number of nitrogens with zero attached hydrogens (tertiary/aromatic N) is 1. The van der Waals surface area contributed by atoms with E-state index in [0.29, 0.717) is 9.88 Å². The van der Waals surface area contributed by atoms with Crippen molar-refractivity contribution in [2.75, 3.05) is 7.05 Å². The maximum Gasteiger partial charge on any atom is 0.313 e. The maximum absolute atomic E-state index is 11.5. The average Bonchev–Trinajstić information content (AvgIpc) is 2.62. The first kappa shape index (κ1) is 13.6. The number of thiazole rings is 1. The number of amides is 1. The third kappa shape index (κ3) is 4.52. The normalized spacial score (nSPS) is 11.1. The van der Waals surface area contributed by atoms with E-state index in [9.17, 15) is 9.59 Å². The molecule has 0 spiro atoms. The lowest BCUT2D eigenvalue weighted by atomic mass is 10.2. The van der Waals surface area contributed by atoms with Crippen molar-refractivity contribution >= 4 is 23.2 Å². The summed E-state index contributed by atoms with van der Waals surface area (Å²) in [5.41, 5.74) is -0.502. The van der Waals surface area contributed by atoms with E-state index in [0.717, 1.165) is 0 Å². The first-order valence-electron chi connectivity index (χ1n) is 5.20. The van der Waals surface area contributed by atoms with Crippen LogP contribution in [-0.4, -0.2) is 29.5 Å². The third-order valence-corrected chi connectivity index (χ3v) is 2.72. The van der Waals surface area contributed by atoms with Crippen molar-refractivity contribution in [3.05, 3.63) is 16.1 Å². The van der Waals surface area contributed by atoms with Crippen LogP contribution < -0.4 is 5.32 Å². The Bertz CT molecular complexity index is 421. The molecule has 0 atom stereocenters. The molecule has 1 rings (SSSR count). The van der Waals surface area contributed by atoms with Gasteiger partial charge in [0.05, 0.1) is 12.6 Å². The Morgan fingerprint density at radius 3 is 2.65 bits per heavy atom. The quantitative estimate of drug-likeness (QED) is 0.830. The van der Waals surface area contributed by atoms with Crippen molar-refractivity contribution in [1.29, 1.82) is 0 Å². The van der Waals surface area contributed by atoms with Gasteiger partial charge < -0.3 is 10.1 Å². The molecule has 0 bridgehead atoms. The number of hydrogen-bond acceptors (Lipinski definition) is 5. The summed E-state index contributed by atoms with van der Waals surface area (Å²) < 4.78 is 5.16. The molecule has 0 aromatic carbocycles. The lowest BCUT2D eigenvalue weighted by Crippen LogP contribution is -2.24. The Kier molecular flexibility index (Phi) is 4.22. The van der Waals surface area contributed by atoms with Crippen LogP contribution in [-0.2, 0) is 16.0 Å². The van der Waals surface area contributed by atoms with Gasteiger partial charge in [-0.05, 0) is 20.8 Å². The lowest BCUT2D eigenvalue weighted by Gasteiger charge is -2.18. The van der Waals surface area contributed by atoms with E-state index >= 15 is 0 Å². The Hall–Kier alpha value is -1.43. The fraction of sp³-hybridized carbons (Fsp3) is 0.545. The summed E-state index contributed by atoms with van der Waals surface area (Å²) in [7, 11) is 1.55. The van der Waals surface area contributed by atoms with Gasteiger partial charge in [-0.1, -0.05) is 0 Å². The minimum absolute atomic E-state index is 0.0962. The molecular formula is C11H16N2O3S. The lowest BCUT2D eigenvalue weighted by molar-refractivity contribution is -0.153. The van der Waals surface area contributed by atoms with Crippen LogP contribution in [0.1, 0.15) is 35.5 Å². The largest absolute Gasteiger partial charge is 0.460 e. The first-order valence-corrected chi connectivity index (χ1v) is 6.02. The van der Waals surface area contributed by atoms with Crippen molar-refractivity contribution in [1.82, 2.24) is 10.3 Å². The highest BCUT2D eigenvalue weighted by Gasteiger charge is 2.18. The average molecular weight is 256 g/mol. The third-order valence-electron chi connectivity index (χ3n) is 1.72. The van der Waals surface area contributed by atoms with Crippen LogP contribution in [0.25, 0.3) is 0 Å². The molecule has 1 heterocycles. The highest BCUT2D eigenvalue weighted by molar-refractivity contribution is 7.13. The van der Waals surface area contributed by atoms with E-state index in [4.69, 9.17) is 4.74 Å². The van der Waals surface area contributed by atoms with E-state index in [1.54, 1.807) is 7.05 Å². The summed E-state index contributed by atoms with van der Waals surface area (Å²) in [5.74, 6) is -0.534. The summed E-state index contributed by atoms with van der Waals surface area (Å²) >= 11 is 1.20. The summed E-state index contributed by atoms with van der Waals surface area (Å²) in [4.78, 5) is 27.3. The van der Waals surface area contributed by atoms with Crippen LogP contribution >= 0.6 is 11.3 Å². The molecule has 1 aromatic heterocycles. The Balaban J connectivity index is 2.61. The van der Waals surface area contributed by atoms with Gasteiger partial charge >= 0.3 is 5.97 Å². The Labute approximate surface area is 104 Å². The number of nitrogens with one attached hydrogen (secondary N) is 1. The molecule has 94 valence electrons. The highest BCUT2D eigenvalue weighted by atomic mass is 32.1. The molecule has 17 heavy (non-hydrogen) atoms. The van der Waals surface area contributed by atoms with E-state index in [1.807, 2.05) is 20.8 Å². The van der Waals surface area contributed by atoms with Gasteiger partial charge in [0, 0.05) is 7.05 Å². The molecule has 0 radical (unpaired) electrons. The Morgan fingerprint density at radius 2 is 2.12 bits per heavy atom. The van der Waals surface area contributed by atoms with Crippen molar-refractivity contribution < 1.29 is 14.3 Å². The van der Waals surface area contributed by atoms with Crippen molar-refractivity contribution in [3.63, 3.8) is 0 Å². The van der Waals surface area contributed by atoms with Crippen LogP contribution in [0.15, 0.2) is 6.20 Å². The van der Waals surface area contributed by atoms with E-state index in [2.05, 4.69) is 10.3 Å². The summed E-state index contributed by atoms with van der Waals surface area (Å²) in [6, 6.07) is 0. The summed E-state index contributed by atoms with van der Waals surface area (Å²) in [5, 5.41) is 3.08. The zero-order valence-electron chi connectivity index (χ0n) is 10.4. The molecule has 0 saturated heterocycles. The van der Waals surface area contributed by atoms with Crippen LogP contribution in [0.3, 0.4) is 0 Å². The molecule has 0 aliphatic heterocycles. The maximum atomic E-state index is 11.5. The van der Waals surface area contributed by atoms with Gasteiger partial charge in [-0.25, -0.2) is 4.98 Å². The molecular weight excluding hydrogens is 240 g/mol. The second kappa shape index (κ2) is 5.27. The number of esters is 1. The molecule has 0 aliphatic rings. The number of ether oxygens (including phenoxy) is 1. The molecule has 1 aromatic rings. The SMILES string of the molecule is CNC(=O)c1cnc(CC(=O)OC(C)(C)C)s1. The zero-order chi connectivity index (χ0) is 13.1. The Morgan fingerprint density at radius 1 is 1.47 bits per heavy atom. The van der Waals surface area contributed by atoms with Gasteiger partial charge in [0.15, 0.2) is 0 Å². The molecule has 6 heteroatoms. The molecule has 1 amide bonds. The predicted molar refractivity (Wildman–Crippen MR) is 65.1 cm³/mol. The van der Waals surface area contributed by atoms with E-state index < -0.39 is 5.60 Å². The highest BCUT2D eigenvalue weighted by Crippen LogP contribution is 2.15. The first-order chi connectivity index (χ1) is 7.81. The number of hydrogen-bond donors (Lipinski definition) is 1. The van der Waals surface area contributed by atoms with Gasteiger partial charge in [0.25, 0.3) is 5.91 Å². The smallest absolute Gasteiger partial charge is 0.313 e. The predicted octanol–water partition coefficient (Wildman–Crippen LogP) is 1.39. The van der Waals surface area contributed by atoms with Crippen molar-refractivity contribution in [2.24, 2.45) is 0 Å². The fourth-order valence-electron chi connectivity index (χ4n) is 1.12. The second-order valence-corrected chi connectivity index (χ2v) is 5.58. The molecule has 0 saturated carbocycles. The van der Waals surface area contributed by atoms with Crippen molar-refractivity contribution in [3.8, 4) is 0 Å². The minimum Gasteiger partial charge on any atom is -0.460 e. The zero-order valence-corrected chi connectivity index (χ0v) is 11.2. The summed E-state index contributed by atoms with van der Waals surface area (Å²) in [6.07, 6.45) is 1.56. The molecule has 5 nitrogen and oxygen atoms in total. The topological polar surface area (TPSA) is 68.3 Å². The van der Waals surface area contributed by atoms with Crippen LogP contribution in [0.2, 0.25) is 0 Å². The van der Waals surface area contributed by atoms with Gasteiger partial charge in [0.2, 0.25) is 0 Å². The minimum atomic E-state index is -0.502. The van der Waals surface area contributed by atoms with Gasteiger partial charge in [-0.15, -0.1) is 11.3 Å². The molecule has 0 unspecified atom stereocenters. The standard InChI is InChI=1S/C11H16N2O3S/c1-11(2,3)16-9(14)5-8-13-6-7(17-8)10(15)12-4/h6H,5H2,1-4H3,(H,12,15). The van der Waals surface area contributed by atoms with Crippen LogP contribution in [0, 0.1) is 0 Å². The number of rotatable bonds is 3. The van der Waals surface area contributed by atoms with E-state index in [-0.39, 0.29) is 18.3 Å². The summed E-state index contributed by atoms with van der Waals surface area (Å²) in [6.45, 7) is 5.42. The second-order valence-electron chi connectivity index (χ2n) is 4.46. The van der Waals surface area contributed by atoms with Crippen molar-refractivity contribution in [2.45, 2.75) is 32.8 Å². The number of carbonyl (C=O) groups excluding carboxylic acids is 2. The number of carbonyl (C=O) groups is 2. The monoisotopic (exact) mass is 256 g/mol. The van der Waals surface area contributed by atoms with Gasteiger partial charge in [0.1, 0.15) is 15.5 Å². The number of aromatic nitrogens is 1. The van der Waals surface area contributed by atoms with Gasteiger partial charge in [-0.2, -0.15) is 0 Å². The van der Waals surface area contributed by atoms with Crippen LogP contribution in [0.4, 0.5) is 0 Å². The van der Waals surface area contributed by atoms with E-state index in [1.165, 1.54) is 17.5 Å². The fourth-order valence-corrected chi connectivity index (χ4v) is 1.97. The van der Waals surface area contributed by atoms with Crippen LogP contribution in [0.5, 0.6) is 0 Å². The molecule has 0 fully saturated rings.